The van der Waals surface area contributed by atoms with Gasteiger partial charge < -0.3 is 9.90 Å². The van der Waals surface area contributed by atoms with E-state index in [1.807, 2.05) is 43.3 Å². The predicted octanol–water partition coefficient (Wildman–Crippen LogP) is 1.81. The van der Waals surface area contributed by atoms with Crippen LogP contribution in [0.5, 0.6) is 0 Å². The van der Waals surface area contributed by atoms with E-state index in [1.54, 1.807) is 6.08 Å². The molecule has 5 nitrogen and oxygen atoms in total. The maximum absolute atomic E-state index is 12.1. The highest BCUT2D eigenvalue weighted by atomic mass is 32.2. The van der Waals surface area contributed by atoms with E-state index >= 15 is 0 Å². The zero-order valence-corrected chi connectivity index (χ0v) is 12.8. The molecule has 1 saturated heterocycles. The van der Waals surface area contributed by atoms with Crippen LogP contribution >= 0.6 is 11.8 Å². The van der Waals surface area contributed by atoms with Gasteiger partial charge in [0, 0.05) is 18.9 Å². The Bertz CT molecular complexity index is 664. The molecule has 1 heterocycles. The van der Waals surface area contributed by atoms with Gasteiger partial charge in [-0.1, -0.05) is 36.4 Å². The van der Waals surface area contributed by atoms with Crippen LogP contribution in [0.3, 0.4) is 0 Å². The van der Waals surface area contributed by atoms with Crippen LogP contribution in [-0.4, -0.2) is 28.6 Å². The van der Waals surface area contributed by atoms with Gasteiger partial charge in [0.1, 0.15) is 0 Å². The molecule has 1 fully saturated rings. The molecule has 0 spiro atoms. The van der Waals surface area contributed by atoms with Crippen LogP contribution in [0.1, 0.15) is 18.9 Å². The fourth-order valence-electron chi connectivity index (χ4n) is 1.96. The fourth-order valence-corrected chi connectivity index (χ4v) is 2.87. The number of carbonyl (C=O) groups is 3. The summed E-state index contributed by atoms with van der Waals surface area (Å²) < 4.78 is 0. The van der Waals surface area contributed by atoms with Crippen LogP contribution in [0, 0.1) is 0 Å². The SMILES string of the molecule is CC(=C/c1ccccc1)/C=C1/SC(=O)N(CCC(=O)[O-])C1=O. The summed E-state index contributed by atoms with van der Waals surface area (Å²) in [6.45, 7) is 1.67. The molecule has 0 aliphatic carbocycles. The minimum absolute atomic E-state index is 0.161. The van der Waals surface area contributed by atoms with E-state index in [0.29, 0.717) is 4.91 Å². The first-order valence-electron chi connectivity index (χ1n) is 6.66. The number of imide groups is 1. The average molecular weight is 316 g/mol. The van der Waals surface area contributed by atoms with Gasteiger partial charge in [-0.3, -0.25) is 14.5 Å². The van der Waals surface area contributed by atoms with Crippen molar-refractivity contribution in [2.75, 3.05) is 6.54 Å². The number of hydrogen-bond acceptors (Lipinski definition) is 5. The molecule has 1 aliphatic rings. The molecule has 0 saturated carbocycles. The number of allylic oxidation sites excluding steroid dienone is 2. The van der Waals surface area contributed by atoms with E-state index in [1.165, 1.54) is 0 Å². The second-order valence-corrected chi connectivity index (χ2v) is 5.75. The molecule has 2 amide bonds. The minimum atomic E-state index is -1.29. The third kappa shape index (κ3) is 4.08. The maximum Gasteiger partial charge on any atom is 0.293 e. The summed E-state index contributed by atoms with van der Waals surface area (Å²) in [6, 6.07) is 9.60. The Morgan fingerprint density at radius 1 is 1.27 bits per heavy atom. The summed E-state index contributed by atoms with van der Waals surface area (Å²) in [5.74, 6) is -1.75. The molecule has 0 bridgehead atoms. The quantitative estimate of drug-likeness (QED) is 0.774. The number of carboxylic acid groups (broad SMARTS) is 1. The van der Waals surface area contributed by atoms with E-state index in [4.69, 9.17) is 0 Å². The van der Waals surface area contributed by atoms with Crippen LogP contribution in [0.25, 0.3) is 6.08 Å². The summed E-state index contributed by atoms with van der Waals surface area (Å²) in [7, 11) is 0. The largest absolute Gasteiger partial charge is 0.550 e. The lowest BCUT2D eigenvalue weighted by Crippen LogP contribution is -2.33. The van der Waals surface area contributed by atoms with Crippen molar-refractivity contribution in [1.82, 2.24) is 4.90 Å². The molecule has 0 radical (unpaired) electrons. The predicted molar refractivity (Wildman–Crippen MR) is 82.5 cm³/mol. The Balaban J connectivity index is 2.12. The zero-order valence-electron chi connectivity index (χ0n) is 11.9. The lowest BCUT2D eigenvalue weighted by atomic mass is 10.1. The topological polar surface area (TPSA) is 77.5 Å². The Kier molecular flexibility index (Phi) is 5.16. The molecule has 1 aromatic carbocycles. The van der Waals surface area contributed by atoms with E-state index in [9.17, 15) is 19.5 Å². The van der Waals surface area contributed by atoms with Crippen molar-refractivity contribution >= 4 is 35.0 Å². The van der Waals surface area contributed by atoms with Crippen LogP contribution in [-0.2, 0) is 9.59 Å². The van der Waals surface area contributed by atoms with Crippen molar-refractivity contribution in [1.29, 1.82) is 0 Å². The summed E-state index contributed by atoms with van der Waals surface area (Å²) in [4.78, 5) is 35.5. The molecule has 0 atom stereocenters. The zero-order chi connectivity index (χ0) is 16.1. The molecular formula is C16H14NO4S-. The molecule has 1 aromatic rings. The first-order valence-corrected chi connectivity index (χ1v) is 7.47. The smallest absolute Gasteiger partial charge is 0.293 e. The summed E-state index contributed by atoms with van der Waals surface area (Å²) >= 11 is 0.817. The number of aliphatic carboxylic acids is 1. The molecule has 0 aromatic heterocycles. The highest BCUT2D eigenvalue weighted by Gasteiger charge is 2.34. The first-order chi connectivity index (χ1) is 10.5. The van der Waals surface area contributed by atoms with Crippen molar-refractivity contribution < 1.29 is 19.5 Å². The third-order valence-corrected chi connectivity index (χ3v) is 3.87. The van der Waals surface area contributed by atoms with E-state index in [-0.39, 0.29) is 13.0 Å². The number of rotatable bonds is 5. The van der Waals surface area contributed by atoms with Crippen LogP contribution < -0.4 is 5.11 Å². The number of amides is 2. The molecule has 0 unspecified atom stereocenters. The third-order valence-electron chi connectivity index (χ3n) is 2.97. The molecular weight excluding hydrogens is 302 g/mol. The number of thioether (sulfide) groups is 1. The number of nitrogens with zero attached hydrogens (tertiary/aromatic N) is 1. The molecule has 2 rings (SSSR count). The highest BCUT2D eigenvalue weighted by Crippen LogP contribution is 2.31. The first kappa shape index (κ1) is 16.0. The van der Waals surface area contributed by atoms with Crippen LogP contribution in [0.15, 0.2) is 46.9 Å². The highest BCUT2D eigenvalue weighted by molar-refractivity contribution is 8.18. The molecule has 6 heteroatoms. The lowest BCUT2D eigenvalue weighted by molar-refractivity contribution is -0.305. The van der Waals surface area contributed by atoms with Gasteiger partial charge in [0.2, 0.25) is 0 Å². The number of hydrogen-bond donors (Lipinski definition) is 0. The van der Waals surface area contributed by atoms with Gasteiger partial charge in [-0.25, -0.2) is 0 Å². The van der Waals surface area contributed by atoms with Crippen molar-refractivity contribution in [3.8, 4) is 0 Å². The number of carbonyl (C=O) groups excluding carboxylic acids is 3. The molecule has 1 aliphatic heterocycles. The molecule has 0 N–H and O–H groups in total. The van der Waals surface area contributed by atoms with E-state index < -0.39 is 17.1 Å². The Hall–Kier alpha value is -2.34. The number of benzene rings is 1. The van der Waals surface area contributed by atoms with Crippen molar-refractivity contribution in [3.63, 3.8) is 0 Å². The second kappa shape index (κ2) is 7.09. The van der Waals surface area contributed by atoms with Gasteiger partial charge in [0.15, 0.2) is 0 Å². The van der Waals surface area contributed by atoms with E-state index in [2.05, 4.69) is 0 Å². The second-order valence-electron chi connectivity index (χ2n) is 4.75. The standard InChI is InChI=1S/C16H15NO4S/c1-11(9-12-5-3-2-4-6-12)10-13-15(20)17(16(21)22-13)8-7-14(18)19/h2-6,9-10H,7-8H2,1H3,(H,18,19)/p-1/b11-9-,13-10+. The monoisotopic (exact) mass is 316 g/mol. The van der Waals surface area contributed by atoms with Gasteiger partial charge in [-0.15, -0.1) is 0 Å². The van der Waals surface area contributed by atoms with Crippen LogP contribution in [0.4, 0.5) is 4.79 Å². The van der Waals surface area contributed by atoms with Crippen molar-refractivity contribution in [3.05, 3.63) is 52.4 Å². The molecule has 22 heavy (non-hydrogen) atoms. The fraction of sp³-hybridized carbons (Fsp3) is 0.188. The van der Waals surface area contributed by atoms with Gasteiger partial charge in [-0.05, 0) is 35.9 Å². The maximum atomic E-state index is 12.1. The van der Waals surface area contributed by atoms with E-state index in [0.717, 1.165) is 27.8 Å². The Morgan fingerprint density at radius 3 is 2.59 bits per heavy atom. The van der Waals surface area contributed by atoms with Gasteiger partial charge >= 0.3 is 0 Å². The summed E-state index contributed by atoms with van der Waals surface area (Å²) in [6.07, 6.45) is 3.18. The Labute approximate surface area is 132 Å². The minimum Gasteiger partial charge on any atom is -0.550 e. The number of carboxylic acids is 1. The summed E-state index contributed by atoms with van der Waals surface area (Å²) in [5, 5.41) is 9.99. The van der Waals surface area contributed by atoms with Gasteiger partial charge in [0.05, 0.1) is 4.91 Å². The summed E-state index contributed by atoms with van der Waals surface area (Å²) in [5.41, 5.74) is 1.82. The Morgan fingerprint density at radius 2 is 1.95 bits per heavy atom. The van der Waals surface area contributed by atoms with Gasteiger partial charge in [-0.2, -0.15) is 0 Å². The van der Waals surface area contributed by atoms with Gasteiger partial charge in [0.25, 0.3) is 11.1 Å². The van der Waals surface area contributed by atoms with Crippen molar-refractivity contribution in [2.24, 2.45) is 0 Å². The lowest BCUT2D eigenvalue weighted by Gasteiger charge is -2.12. The van der Waals surface area contributed by atoms with Crippen molar-refractivity contribution in [2.45, 2.75) is 13.3 Å². The average Bonchev–Trinajstić information content (AvgIpc) is 2.72. The normalized spacial score (nSPS) is 17.4. The van der Waals surface area contributed by atoms with Crippen LogP contribution in [0.2, 0.25) is 0 Å². The molecule has 114 valence electrons.